The van der Waals surface area contributed by atoms with Crippen molar-refractivity contribution < 1.29 is 15.3 Å². The van der Waals surface area contributed by atoms with Gasteiger partial charge in [0.15, 0.2) is 11.5 Å². The standard InChI is InChI=1S/C8H10O2.C6H6O/c1-5-3-4-7(9)8(10)6(5)2;7-6-4-2-1-3-5-6/h3-4,9-10H,1-2H3;1-5,7H. The number of hydrogen-bond donors (Lipinski definition) is 3. The maximum absolute atomic E-state index is 9.14. The fourth-order valence-corrected chi connectivity index (χ4v) is 1.21. The highest BCUT2D eigenvalue weighted by Crippen LogP contribution is 2.29. The molecule has 3 heteroatoms. The van der Waals surface area contributed by atoms with Gasteiger partial charge in [0.05, 0.1) is 0 Å². The topological polar surface area (TPSA) is 60.7 Å². The van der Waals surface area contributed by atoms with Gasteiger partial charge in [0.2, 0.25) is 0 Å². The van der Waals surface area contributed by atoms with Crippen LogP contribution in [-0.2, 0) is 0 Å². The van der Waals surface area contributed by atoms with E-state index in [9.17, 15) is 0 Å². The van der Waals surface area contributed by atoms with E-state index in [0.29, 0.717) is 5.75 Å². The van der Waals surface area contributed by atoms with Gasteiger partial charge in [-0.2, -0.15) is 0 Å². The van der Waals surface area contributed by atoms with Crippen molar-refractivity contribution in [3.63, 3.8) is 0 Å². The van der Waals surface area contributed by atoms with E-state index in [4.69, 9.17) is 15.3 Å². The number of para-hydroxylation sites is 1. The Morgan fingerprint density at radius 1 is 0.765 bits per heavy atom. The van der Waals surface area contributed by atoms with Crippen molar-refractivity contribution in [2.45, 2.75) is 13.8 Å². The van der Waals surface area contributed by atoms with Crippen molar-refractivity contribution in [2.24, 2.45) is 0 Å². The molecule has 0 aromatic heterocycles. The fourth-order valence-electron chi connectivity index (χ4n) is 1.21. The van der Waals surface area contributed by atoms with Crippen LogP contribution in [0.5, 0.6) is 17.2 Å². The van der Waals surface area contributed by atoms with Gasteiger partial charge >= 0.3 is 0 Å². The zero-order chi connectivity index (χ0) is 12.8. The SMILES string of the molecule is Cc1ccc(O)c(O)c1C.Oc1ccccc1. The van der Waals surface area contributed by atoms with E-state index < -0.39 is 0 Å². The van der Waals surface area contributed by atoms with Crippen LogP contribution in [0.1, 0.15) is 11.1 Å². The molecule has 0 aliphatic carbocycles. The van der Waals surface area contributed by atoms with Crippen molar-refractivity contribution in [3.8, 4) is 17.2 Å². The second kappa shape index (κ2) is 5.80. The Kier molecular flexibility index (Phi) is 4.40. The summed E-state index contributed by atoms with van der Waals surface area (Å²) in [6, 6.07) is 12.0. The molecule has 90 valence electrons. The van der Waals surface area contributed by atoms with Gasteiger partial charge in [0.1, 0.15) is 5.75 Å². The minimum Gasteiger partial charge on any atom is -0.508 e. The highest BCUT2D eigenvalue weighted by molar-refractivity contribution is 5.47. The molecule has 0 aliphatic heterocycles. The van der Waals surface area contributed by atoms with Crippen LogP contribution in [0, 0.1) is 13.8 Å². The van der Waals surface area contributed by atoms with Crippen LogP contribution < -0.4 is 0 Å². The molecule has 0 bridgehead atoms. The number of aryl methyl sites for hydroxylation is 1. The largest absolute Gasteiger partial charge is 0.508 e. The molecule has 0 unspecified atom stereocenters. The summed E-state index contributed by atoms with van der Waals surface area (Å²) in [6.07, 6.45) is 0. The normalized spacial score (nSPS) is 9.29. The molecule has 0 heterocycles. The van der Waals surface area contributed by atoms with Crippen LogP contribution in [0.3, 0.4) is 0 Å². The number of phenols is 3. The van der Waals surface area contributed by atoms with Gasteiger partial charge in [-0.15, -0.1) is 0 Å². The highest BCUT2D eigenvalue weighted by Gasteiger charge is 2.02. The predicted octanol–water partition coefficient (Wildman–Crippen LogP) is 3.11. The Labute approximate surface area is 101 Å². The van der Waals surface area contributed by atoms with E-state index in [-0.39, 0.29) is 11.5 Å². The molecule has 2 aromatic rings. The number of hydrogen-bond acceptors (Lipinski definition) is 3. The zero-order valence-corrected chi connectivity index (χ0v) is 9.88. The van der Waals surface area contributed by atoms with E-state index in [2.05, 4.69) is 0 Å². The monoisotopic (exact) mass is 232 g/mol. The Morgan fingerprint density at radius 3 is 1.76 bits per heavy atom. The van der Waals surface area contributed by atoms with Gasteiger partial charge in [-0.05, 0) is 43.2 Å². The van der Waals surface area contributed by atoms with Gasteiger partial charge in [-0.25, -0.2) is 0 Å². The Balaban J connectivity index is 0.000000181. The summed E-state index contributed by atoms with van der Waals surface area (Å²) in [7, 11) is 0. The second-order valence-electron chi connectivity index (χ2n) is 3.71. The maximum Gasteiger partial charge on any atom is 0.160 e. The van der Waals surface area contributed by atoms with Gasteiger partial charge in [-0.1, -0.05) is 24.3 Å². The average Bonchev–Trinajstić information content (AvgIpc) is 2.33. The van der Waals surface area contributed by atoms with Crippen LogP contribution >= 0.6 is 0 Å². The lowest BCUT2D eigenvalue weighted by atomic mass is 10.1. The van der Waals surface area contributed by atoms with Gasteiger partial charge in [0, 0.05) is 0 Å². The number of rotatable bonds is 0. The lowest BCUT2D eigenvalue weighted by Crippen LogP contribution is -1.80. The Hall–Kier alpha value is -2.16. The first kappa shape index (κ1) is 12.9. The van der Waals surface area contributed by atoms with Gasteiger partial charge in [0.25, 0.3) is 0 Å². The first-order valence-corrected chi connectivity index (χ1v) is 5.24. The summed E-state index contributed by atoms with van der Waals surface area (Å²) in [5, 5.41) is 26.7. The summed E-state index contributed by atoms with van der Waals surface area (Å²) in [5.74, 6) is 0.255. The predicted molar refractivity (Wildman–Crippen MR) is 67.4 cm³/mol. The van der Waals surface area contributed by atoms with Crippen LogP contribution in [0.25, 0.3) is 0 Å². The fraction of sp³-hybridized carbons (Fsp3) is 0.143. The van der Waals surface area contributed by atoms with Gasteiger partial charge in [-0.3, -0.25) is 0 Å². The van der Waals surface area contributed by atoms with E-state index in [0.717, 1.165) is 11.1 Å². The molecule has 17 heavy (non-hydrogen) atoms. The van der Waals surface area contributed by atoms with E-state index in [1.807, 2.05) is 13.0 Å². The van der Waals surface area contributed by atoms with Crippen molar-refractivity contribution in [2.75, 3.05) is 0 Å². The molecule has 0 aliphatic rings. The smallest absolute Gasteiger partial charge is 0.160 e. The maximum atomic E-state index is 9.14. The number of phenolic OH excluding ortho intramolecular Hbond substituents is 3. The molecule has 0 radical (unpaired) electrons. The lowest BCUT2D eigenvalue weighted by molar-refractivity contribution is 0.400. The van der Waals surface area contributed by atoms with Crippen molar-refractivity contribution in [1.82, 2.24) is 0 Å². The third-order valence-electron chi connectivity index (χ3n) is 2.44. The van der Waals surface area contributed by atoms with E-state index in [1.165, 1.54) is 6.07 Å². The first-order valence-electron chi connectivity index (χ1n) is 5.24. The molecule has 2 aromatic carbocycles. The molecule has 0 fully saturated rings. The molecule has 0 saturated heterocycles. The molecule has 0 atom stereocenters. The minimum atomic E-state index is -0.0527. The zero-order valence-electron chi connectivity index (χ0n) is 9.88. The van der Waals surface area contributed by atoms with Crippen molar-refractivity contribution in [1.29, 1.82) is 0 Å². The molecule has 3 N–H and O–H groups in total. The molecule has 2 rings (SSSR count). The van der Waals surface area contributed by atoms with Crippen LogP contribution in [0.15, 0.2) is 42.5 Å². The summed E-state index contributed by atoms with van der Waals surface area (Å²) in [4.78, 5) is 0. The number of benzene rings is 2. The van der Waals surface area contributed by atoms with Gasteiger partial charge < -0.3 is 15.3 Å². The Morgan fingerprint density at radius 2 is 1.35 bits per heavy atom. The lowest BCUT2D eigenvalue weighted by Gasteiger charge is -2.03. The summed E-state index contributed by atoms with van der Waals surface area (Å²) in [6.45, 7) is 3.65. The minimum absolute atomic E-state index is 0.0139. The quantitative estimate of drug-likeness (QED) is 0.612. The first-order chi connectivity index (χ1) is 8.02. The highest BCUT2D eigenvalue weighted by atomic mass is 16.3. The van der Waals surface area contributed by atoms with E-state index >= 15 is 0 Å². The third-order valence-corrected chi connectivity index (χ3v) is 2.44. The summed E-state index contributed by atoms with van der Waals surface area (Å²) >= 11 is 0. The summed E-state index contributed by atoms with van der Waals surface area (Å²) < 4.78 is 0. The number of aromatic hydroxyl groups is 3. The van der Waals surface area contributed by atoms with Crippen molar-refractivity contribution >= 4 is 0 Å². The molecular formula is C14H16O3. The second-order valence-corrected chi connectivity index (χ2v) is 3.71. The van der Waals surface area contributed by atoms with Crippen molar-refractivity contribution in [3.05, 3.63) is 53.6 Å². The van der Waals surface area contributed by atoms with Crippen LogP contribution in [0.2, 0.25) is 0 Å². The molecule has 3 nitrogen and oxygen atoms in total. The summed E-state index contributed by atoms with van der Waals surface area (Å²) in [5.41, 5.74) is 1.72. The Bertz CT molecular complexity index is 451. The third kappa shape index (κ3) is 3.72. The molecule has 0 saturated carbocycles. The molecule has 0 spiro atoms. The van der Waals surface area contributed by atoms with E-state index in [1.54, 1.807) is 37.3 Å². The molecule has 0 amide bonds. The average molecular weight is 232 g/mol. The van der Waals surface area contributed by atoms with Crippen LogP contribution in [-0.4, -0.2) is 15.3 Å². The molecular weight excluding hydrogens is 216 g/mol. The van der Waals surface area contributed by atoms with Crippen LogP contribution in [0.4, 0.5) is 0 Å².